The summed E-state index contributed by atoms with van der Waals surface area (Å²) >= 11 is 3.74. The fourth-order valence-corrected chi connectivity index (χ4v) is 0.980. The van der Waals surface area contributed by atoms with E-state index in [1.54, 1.807) is 0 Å². The normalized spacial score (nSPS) is 29.0. The number of alkyl halides is 3. The van der Waals surface area contributed by atoms with E-state index in [0.717, 1.165) is 12.2 Å². The first-order valence-electron chi connectivity index (χ1n) is 3.28. The Labute approximate surface area is 78.1 Å². The zero-order valence-electron chi connectivity index (χ0n) is 6.39. The molecular weight excluding hydrogens is 203 g/mol. The van der Waals surface area contributed by atoms with Gasteiger partial charge in [0.05, 0.1) is 5.70 Å². The van der Waals surface area contributed by atoms with Crippen molar-refractivity contribution < 1.29 is 13.2 Å². The summed E-state index contributed by atoms with van der Waals surface area (Å²) in [5, 5.41) is 1.97. The van der Waals surface area contributed by atoms with E-state index < -0.39 is 16.9 Å². The number of nitrogens with two attached hydrogens (primary N) is 2. The number of hydrogen-bond donors (Lipinski definition) is 4. The second kappa shape index (κ2) is 2.85. The number of rotatable bonds is 0. The molecule has 74 valence electrons. The highest BCUT2D eigenvalue weighted by atomic mass is 32.1. The van der Waals surface area contributed by atoms with Crippen LogP contribution < -0.4 is 16.8 Å². The molecule has 0 amide bonds. The van der Waals surface area contributed by atoms with E-state index in [2.05, 4.69) is 12.6 Å². The summed E-state index contributed by atoms with van der Waals surface area (Å²) in [5.74, 6) is 0. The van der Waals surface area contributed by atoms with Gasteiger partial charge in [-0.25, -0.2) is 0 Å². The van der Waals surface area contributed by atoms with Crippen molar-refractivity contribution in [3.63, 3.8) is 0 Å². The van der Waals surface area contributed by atoms with Crippen LogP contribution in [0.2, 0.25) is 0 Å². The zero-order chi connectivity index (χ0) is 10.3. The number of halogens is 3. The Morgan fingerprint density at radius 1 is 1.38 bits per heavy atom. The summed E-state index contributed by atoms with van der Waals surface area (Å²) < 4.78 is 36.4. The van der Waals surface area contributed by atoms with Gasteiger partial charge in [-0.15, -0.1) is 12.6 Å². The van der Waals surface area contributed by atoms with Crippen LogP contribution in [0.1, 0.15) is 0 Å². The van der Waals surface area contributed by atoms with Gasteiger partial charge in [0.1, 0.15) is 5.70 Å². The molecule has 3 nitrogen and oxygen atoms in total. The molecule has 0 aromatic carbocycles. The van der Waals surface area contributed by atoms with Crippen molar-refractivity contribution in [1.29, 1.82) is 0 Å². The van der Waals surface area contributed by atoms with Crippen LogP contribution >= 0.6 is 12.6 Å². The standard InChI is InChI=1S/C6H8F3N3S/c7-5(8,9)4-2-1-3(10)6(11,13)12-4/h1-2,12-13H,10-11H2. The summed E-state index contributed by atoms with van der Waals surface area (Å²) in [6, 6.07) is 0. The predicted octanol–water partition coefficient (Wildman–Crippen LogP) is 0.421. The van der Waals surface area contributed by atoms with Crippen LogP contribution in [-0.2, 0) is 0 Å². The fraction of sp³-hybridized carbons (Fsp3) is 0.333. The second-order valence-corrected chi connectivity index (χ2v) is 3.30. The third-order valence-electron chi connectivity index (χ3n) is 1.50. The smallest absolute Gasteiger partial charge is 0.398 e. The largest absolute Gasteiger partial charge is 0.430 e. The summed E-state index contributed by atoms with van der Waals surface area (Å²) in [4.78, 5) is -1.64. The van der Waals surface area contributed by atoms with Crippen molar-refractivity contribution >= 4 is 12.6 Å². The van der Waals surface area contributed by atoms with Crippen LogP contribution in [-0.4, -0.2) is 11.2 Å². The van der Waals surface area contributed by atoms with Crippen LogP contribution in [0.25, 0.3) is 0 Å². The molecule has 0 aromatic rings. The quantitative estimate of drug-likeness (QED) is 0.347. The Hall–Kier alpha value is -0.820. The lowest BCUT2D eigenvalue weighted by atomic mass is 10.2. The van der Waals surface area contributed by atoms with E-state index in [1.165, 1.54) is 0 Å². The van der Waals surface area contributed by atoms with Crippen molar-refractivity contribution in [3.05, 3.63) is 23.5 Å². The molecule has 0 spiro atoms. The van der Waals surface area contributed by atoms with Crippen molar-refractivity contribution in [2.24, 2.45) is 11.5 Å². The van der Waals surface area contributed by atoms with Gasteiger partial charge in [-0.2, -0.15) is 13.2 Å². The van der Waals surface area contributed by atoms with E-state index in [-0.39, 0.29) is 5.70 Å². The van der Waals surface area contributed by atoms with E-state index in [9.17, 15) is 13.2 Å². The Morgan fingerprint density at radius 3 is 2.31 bits per heavy atom. The fourth-order valence-electron chi connectivity index (χ4n) is 0.785. The first-order chi connectivity index (χ1) is 5.73. The molecule has 1 aliphatic rings. The summed E-state index contributed by atoms with van der Waals surface area (Å²) in [5.41, 5.74) is 9.70. The molecular formula is C6H8F3N3S. The minimum absolute atomic E-state index is 0.0313. The first-order valence-corrected chi connectivity index (χ1v) is 3.73. The molecule has 0 saturated heterocycles. The zero-order valence-corrected chi connectivity index (χ0v) is 7.28. The first kappa shape index (κ1) is 10.3. The Morgan fingerprint density at radius 2 is 1.92 bits per heavy atom. The lowest BCUT2D eigenvalue weighted by molar-refractivity contribution is -0.0980. The predicted molar refractivity (Wildman–Crippen MR) is 45.4 cm³/mol. The Balaban J connectivity index is 2.97. The number of allylic oxidation sites excluding steroid dienone is 3. The summed E-state index contributed by atoms with van der Waals surface area (Å²) in [6.45, 7) is 0. The molecule has 1 heterocycles. The van der Waals surface area contributed by atoms with E-state index >= 15 is 0 Å². The minimum Gasteiger partial charge on any atom is -0.398 e. The van der Waals surface area contributed by atoms with Gasteiger partial charge in [0.2, 0.25) is 0 Å². The van der Waals surface area contributed by atoms with Crippen molar-refractivity contribution in [2.75, 3.05) is 0 Å². The van der Waals surface area contributed by atoms with Crippen LogP contribution in [0.4, 0.5) is 13.2 Å². The SMILES string of the molecule is NC1=CC=C(C(F)(F)F)NC1(N)S. The third kappa shape index (κ3) is 2.10. The molecule has 0 aliphatic carbocycles. The van der Waals surface area contributed by atoms with Gasteiger partial charge >= 0.3 is 6.18 Å². The maximum atomic E-state index is 12.1. The molecule has 0 saturated carbocycles. The molecule has 1 unspecified atom stereocenters. The highest BCUT2D eigenvalue weighted by Crippen LogP contribution is 2.29. The average Bonchev–Trinajstić information content (AvgIpc) is 1.92. The highest BCUT2D eigenvalue weighted by molar-refractivity contribution is 7.82. The number of thiol groups is 1. The van der Waals surface area contributed by atoms with Crippen molar-refractivity contribution in [3.8, 4) is 0 Å². The van der Waals surface area contributed by atoms with Gasteiger partial charge in [-0.05, 0) is 12.2 Å². The van der Waals surface area contributed by atoms with Crippen molar-refractivity contribution in [2.45, 2.75) is 11.2 Å². The van der Waals surface area contributed by atoms with Gasteiger partial charge < -0.3 is 11.1 Å². The molecule has 0 radical (unpaired) electrons. The maximum absolute atomic E-state index is 12.1. The molecule has 0 fully saturated rings. The molecule has 7 heteroatoms. The van der Waals surface area contributed by atoms with Gasteiger partial charge in [-0.1, -0.05) is 0 Å². The monoisotopic (exact) mass is 211 g/mol. The highest BCUT2D eigenvalue weighted by Gasteiger charge is 2.39. The summed E-state index contributed by atoms with van der Waals surface area (Å²) in [7, 11) is 0. The number of nitrogens with one attached hydrogen (secondary N) is 1. The minimum atomic E-state index is -4.47. The lowest BCUT2D eigenvalue weighted by Gasteiger charge is -2.31. The molecule has 1 aliphatic heterocycles. The van der Waals surface area contributed by atoms with Gasteiger partial charge in [-0.3, -0.25) is 5.73 Å². The van der Waals surface area contributed by atoms with Crippen LogP contribution in [0.5, 0.6) is 0 Å². The van der Waals surface area contributed by atoms with E-state index in [1.807, 2.05) is 5.32 Å². The number of dihydropyridines is 1. The van der Waals surface area contributed by atoms with Crippen LogP contribution in [0.3, 0.4) is 0 Å². The lowest BCUT2D eigenvalue weighted by Crippen LogP contribution is -2.55. The number of hydrogen-bond acceptors (Lipinski definition) is 4. The van der Waals surface area contributed by atoms with Crippen LogP contribution in [0.15, 0.2) is 23.5 Å². The molecule has 0 bridgehead atoms. The molecule has 1 rings (SSSR count). The molecule has 1 atom stereocenters. The van der Waals surface area contributed by atoms with E-state index in [0.29, 0.717) is 0 Å². The summed E-state index contributed by atoms with van der Waals surface area (Å²) in [6.07, 6.45) is -2.58. The van der Waals surface area contributed by atoms with Gasteiger partial charge in [0.25, 0.3) is 0 Å². The second-order valence-electron chi connectivity index (χ2n) is 2.59. The average molecular weight is 211 g/mol. The van der Waals surface area contributed by atoms with Crippen molar-refractivity contribution in [1.82, 2.24) is 5.32 Å². The molecule has 5 N–H and O–H groups in total. The van der Waals surface area contributed by atoms with Gasteiger partial charge in [0.15, 0.2) is 4.99 Å². The topological polar surface area (TPSA) is 64.1 Å². The van der Waals surface area contributed by atoms with Crippen LogP contribution in [0, 0.1) is 0 Å². The Bertz CT molecular complexity index is 279. The Kier molecular flexibility index (Phi) is 2.25. The van der Waals surface area contributed by atoms with E-state index in [4.69, 9.17) is 11.5 Å². The molecule has 0 aromatic heterocycles. The molecule has 13 heavy (non-hydrogen) atoms. The maximum Gasteiger partial charge on any atom is 0.430 e. The third-order valence-corrected chi connectivity index (χ3v) is 1.87. The van der Waals surface area contributed by atoms with Gasteiger partial charge in [0, 0.05) is 0 Å².